The number of aliphatic hydroxyl groups excluding tert-OH is 2. The number of nitrogens with zero attached hydrogens (tertiary/aromatic N) is 5. The van der Waals surface area contributed by atoms with Crippen molar-refractivity contribution in [3.8, 4) is 5.69 Å². The molecule has 50 heavy (non-hydrogen) atoms. The van der Waals surface area contributed by atoms with Gasteiger partial charge in [0.2, 0.25) is 0 Å². The summed E-state index contributed by atoms with van der Waals surface area (Å²) in [4.78, 5) is 35.3. The Kier molecular flexibility index (Phi) is 11.0. The Morgan fingerprint density at radius 2 is 1.62 bits per heavy atom. The molecule has 6 rings (SSSR count). The van der Waals surface area contributed by atoms with Crippen LogP contribution in [0.1, 0.15) is 89.1 Å². The van der Waals surface area contributed by atoms with Crippen LogP contribution in [0.15, 0.2) is 85.1 Å². The summed E-state index contributed by atoms with van der Waals surface area (Å²) in [5.74, 6) is -0.498. The number of benzene rings is 3. The normalized spacial score (nSPS) is 15.1. The molecular formula is C40H46N6O4. The maximum Gasteiger partial charge on any atom is 0.274 e. The number of aromatic nitrogens is 3. The Labute approximate surface area is 293 Å². The lowest BCUT2D eigenvalue weighted by molar-refractivity contribution is -0.0529. The standard InChI is InChI=1S/C40H46N6O4/c1-4-6-18-44(19-7-5-2)40(50)36-20-27(3)46(43-36)37-17-16-32(42-38(48)35-22-29-13-8-10-14-30(29)24-41-35)23-34(37)39(49)45-25-31-15-11-9-12-28(31)21-33(45)26-47/h8-17,20,22-24,33,39,47,49H,4-7,18-19,21,25-26H2,1-3H3,(H,42,48). The molecule has 0 fully saturated rings. The molecule has 0 saturated carbocycles. The van der Waals surface area contributed by atoms with Crippen molar-refractivity contribution >= 4 is 28.3 Å². The van der Waals surface area contributed by atoms with Crippen molar-refractivity contribution in [1.82, 2.24) is 24.6 Å². The molecule has 0 spiro atoms. The molecule has 260 valence electrons. The first-order valence-corrected chi connectivity index (χ1v) is 17.6. The lowest BCUT2D eigenvalue weighted by atomic mass is 9.93. The van der Waals surface area contributed by atoms with Crippen molar-refractivity contribution in [3.63, 3.8) is 0 Å². The zero-order valence-corrected chi connectivity index (χ0v) is 29.0. The number of anilines is 1. The number of fused-ring (bicyclic) bond motifs is 2. The van der Waals surface area contributed by atoms with Crippen LogP contribution < -0.4 is 5.32 Å². The van der Waals surface area contributed by atoms with Gasteiger partial charge in [0.15, 0.2) is 5.69 Å². The predicted molar refractivity (Wildman–Crippen MR) is 195 cm³/mol. The number of carbonyl (C=O) groups is 2. The van der Waals surface area contributed by atoms with Gasteiger partial charge in [-0.3, -0.25) is 19.5 Å². The quantitative estimate of drug-likeness (QED) is 0.131. The van der Waals surface area contributed by atoms with Crippen LogP contribution in [0.2, 0.25) is 0 Å². The van der Waals surface area contributed by atoms with E-state index >= 15 is 0 Å². The monoisotopic (exact) mass is 674 g/mol. The molecule has 1 aliphatic rings. The molecule has 2 unspecified atom stereocenters. The van der Waals surface area contributed by atoms with Gasteiger partial charge in [-0.1, -0.05) is 75.2 Å². The Hall–Kier alpha value is -4.90. The highest BCUT2D eigenvalue weighted by Crippen LogP contribution is 2.34. The summed E-state index contributed by atoms with van der Waals surface area (Å²) < 4.78 is 1.69. The van der Waals surface area contributed by atoms with Crippen LogP contribution in [0.5, 0.6) is 0 Å². The first-order chi connectivity index (χ1) is 24.3. The molecule has 0 bridgehead atoms. The highest BCUT2D eigenvalue weighted by Gasteiger charge is 2.33. The summed E-state index contributed by atoms with van der Waals surface area (Å²) in [7, 11) is 0. The van der Waals surface area contributed by atoms with E-state index in [1.807, 2.05) is 59.2 Å². The van der Waals surface area contributed by atoms with E-state index in [4.69, 9.17) is 5.10 Å². The Morgan fingerprint density at radius 3 is 2.34 bits per heavy atom. The van der Waals surface area contributed by atoms with Crippen LogP contribution >= 0.6 is 0 Å². The second-order valence-corrected chi connectivity index (χ2v) is 13.1. The number of rotatable bonds is 13. The number of carbonyl (C=O) groups excluding carboxylic acids is 2. The van der Waals surface area contributed by atoms with Gasteiger partial charge in [0.05, 0.1) is 12.3 Å². The third-order valence-corrected chi connectivity index (χ3v) is 9.53. The summed E-state index contributed by atoms with van der Waals surface area (Å²) in [5, 5.41) is 32.2. The number of aliphatic hydroxyl groups is 2. The van der Waals surface area contributed by atoms with Gasteiger partial charge in [-0.2, -0.15) is 5.10 Å². The highest BCUT2D eigenvalue weighted by molar-refractivity contribution is 6.04. The molecule has 1 aliphatic heterocycles. The van der Waals surface area contributed by atoms with Crippen LogP contribution in [0.3, 0.4) is 0 Å². The van der Waals surface area contributed by atoms with Crippen LogP contribution in [0.25, 0.3) is 16.5 Å². The van der Waals surface area contributed by atoms with E-state index < -0.39 is 6.23 Å². The number of nitrogens with one attached hydrogen (secondary N) is 1. The summed E-state index contributed by atoms with van der Waals surface area (Å²) >= 11 is 0. The number of pyridine rings is 1. The lowest BCUT2D eigenvalue weighted by Gasteiger charge is -2.39. The Balaban J connectivity index is 1.37. The van der Waals surface area contributed by atoms with E-state index in [9.17, 15) is 19.8 Å². The van der Waals surface area contributed by atoms with Gasteiger partial charge in [0, 0.05) is 54.2 Å². The fourth-order valence-electron chi connectivity index (χ4n) is 6.67. The molecule has 3 N–H and O–H groups in total. The first-order valence-electron chi connectivity index (χ1n) is 17.6. The average molecular weight is 675 g/mol. The van der Waals surface area contributed by atoms with Gasteiger partial charge in [0.25, 0.3) is 11.8 Å². The van der Waals surface area contributed by atoms with Crippen molar-refractivity contribution in [2.45, 2.75) is 71.7 Å². The Morgan fingerprint density at radius 1 is 0.920 bits per heavy atom. The molecule has 0 radical (unpaired) electrons. The number of hydrogen-bond donors (Lipinski definition) is 3. The first kappa shape index (κ1) is 34.9. The molecule has 5 aromatic rings. The molecule has 3 heterocycles. The number of unbranched alkanes of at least 4 members (excludes halogenated alkanes) is 2. The van der Waals surface area contributed by atoms with E-state index in [1.54, 1.807) is 41.2 Å². The predicted octanol–water partition coefficient (Wildman–Crippen LogP) is 6.43. The Bertz CT molecular complexity index is 1960. The summed E-state index contributed by atoms with van der Waals surface area (Å²) in [6, 6.07) is 24.3. The van der Waals surface area contributed by atoms with Gasteiger partial charge in [-0.05, 0) is 73.0 Å². The summed E-state index contributed by atoms with van der Waals surface area (Å²) in [5.41, 5.74) is 5.07. The second-order valence-electron chi connectivity index (χ2n) is 13.1. The fraction of sp³-hybridized carbons (Fsp3) is 0.350. The largest absolute Gasteiger partial charge is 0.395 e. The third-order valence-electron chi connectivity index (χ3n) is 9.53. The third kappa shape index (κ3) is 7.47. The van der Waals surface area contributed by atoms with Gasteiger partial charge in [-0.15, -0.1) is 0 Å². The van der Waals surface area contributed by atoms with Gasteiger partial charge in [-0.25, -0.2) is 4.68 Å². The molecule has 2 aromatic heterocycles. The zero-order valence-electron chi connectivity index (χ0n) is 29.0. The van der Waals surface area contributed by atoms with Crippen molar-refractivity contribution in [1.29, 1.82) is 0 Å². The topological polar surface area (TPSA) is 124 Å². The van der Waals surface area contributed by atoms with E-state index in [0.717, 1.165) is 53.3 Å². The number of aryl methyl sites for hydroxylation is 1. The summed E-state index contributed by atoms with van der Waals surface area (Å²) in [6.45, 7) is 7.73. The SMILES string of the molecule is CCCCN(CCCC)C(=O)c1cc(C)n(-c2ccc(NC(=O)c3cc4ccccc4cn3)cc2C(O)N2Cc3ccccc3CC2CO)n1. The van der Waals surface area contributed by atoms with Crippen LogP contribution in [-0.4, -0.2) is 72.3 Å². The van der Waals surface area contributed by atoms with Gasteiger partial charge in [0.1, 0.15) is 11.9 Å². The van der Waals surface area contributed by atoms with Gasteiger partial charge >= 0.3 is 0 Å². The minimum Gasteiger partial charge on any atom is -0.395 e. The van der Waals surface area contributed by atoms with E-state index in [-0.39, 0.29) is 30.2 Å². The molecule has 0 saturated heterocycles. The highest BCUT2D eigenvalue weighted by atomic mass is 16.3. The molecule has 3 aromatic carbocycles. The van der Waals surface area contributed by atoms with Crippen molar-refractivity contribution in [2.75, 3.05) is 25.0 Å². The average Bonchev–Trinajstić information content (AvgIpc) is 3.54. The van der Waals surface area contributed by atoms with Crippen molar-refractivity contribution < 1.29 is 19.8 Å². The van der Waals surface area contributed by atoms with Gasteiger partial charge < -0.3 is 20.4 Å². The molecule has 10 nitrogen and oxygen atoms in total. The van der Waals surface area contributed by atoms with E-state index in [2.05, 4.69) is 30.2 Å². The van der Waals surface area contributed by atoms with Crippen LogP contribution in [-0.2, 0) is 13.0 Å². The molecule has 0 aliphatic carbocycles. The minimum atomic E-state index is -1.17. The number of amides is 2. The fourth-order valence-corrected chi connectivity index (χ4v) is 6.67. The smallest absolute Gasteiger partial charge is 0.274 e. The second kappa shape index (κ2) is 15.8. The zero-order chi connectivity index (χ0) is 35.2. The van der Waals surface area contributed by atoms with Crippen molar-refractivity contribution in [2.24, 2.45) is 0 Å². The van der Waals surface area contributed by atoms with E-state index in [1.165, 1.54) is 0 Å². The lowest BCUT2D eigenvalue weighted by Crippen LogP contribution is -2.45. The molecule has 2 atom stereocenters. The van der Waals surface area contributed by atoms with E-state index in [0.29, 0.717) is 48.7 Å². The van der Waals surface area contributed by atoms with Crippen LogP contribution in [0, 0.1) is 6.92 Å². The number of hydrogen-bond acceptors (Lipinski definition) is 7. The van der Waals surface area contributed by atoms with Crippen LogP contribution in [0.4, 0.5) is 5.69 Å². The minimum absolute atomic E-state index is 0.115. The molecule has 2 amide bonds. The summed E-state index contributed by atoms with van der Waals surface area (Å²) in [6.07, 6.45) is 4.89. The van der Waals surface area contributed by atoms with Crippen molar-refractivity contribution in [3.05, 3.63) is 119 Å². The molecular weight excluding hydrogens is 628 g/mol. The maximum atomic E-state index is 13.7. The maximum absolute atomic E-state index is 13.7. The molecule has 10 heteroatoms.